The number of hydrogen-bond donors (Lipinski definition) is 2. The lowest BCUT2D eigenvalue weighted by atomic mass is 9.84. The van der Waals surface area contributed by atoms with E-state index in [4.69, 9.17) is 0 Å². The molecule has 0 heterocycles. The normalized spacial score (nSPS) is 20.5. The van der Waals surface area contributed by atoms with Crippen molar-refractivity contribution in [2.45, 2.75) is 51.7 Å². The fraction of sp³-hybridized carbons (Fsp3) is 0.381. The summed E-state index contributed by atoms with van der Waals surface area (Å²) in [7, 11) is 0. The van der Waals surface area contributed by atoms with E-state index in [1.807, 2.05) is 43.3 Å². The zero-order valence-electron chi connectivity index (χ0n) is 14.7. The standard InChI is InChI=1S/C21H25NO2/c1-13-9-15(20(24)17(10-13)21(2,3)4)12-22-19-16-8-6-5-7-14(16)11-18(19)23/h5-10,12,18-19,23-24H,11H2,1-4H3/t18-,19+/m0/s1. The van der Waals surface area contributed by atoms with Crippen molar-refractivity contribution in [3.63, 3.8) is 0 Å². The minimum absolute atomic E-state index is 0.141. The highest BCUT2D eigenvalue weighted by molar-refractivity contribution is 5.85. The van der Waals surface area contributed by atoms with Crippen LogP contribution in [0.3, 0.4) is 0 Å². The number of benzene rings is 2. The summed E-state index contributed by atoms with van der Waals surface area (Å²) in [5.41, 5.74) is 4.79. The lowest BCUT2D eigenvalue weighted by Gasteiger charge is -2.22. The van der Waals surface area contributed by atoms with E-state index in [1.165, 1.54) is 0 Å². The third-order valence-electron chi connectivity index (χ3n) is 4.63. The van der Waals surface area contributed by atoms with Crippen LogP contribution in [0.5, 0.6) is 5.75 Å². The Hall–Kier alpha value is -2.13. The monoisotopic (exact) mass is 323 g/mol. The van der Waals surface area contributed by atoms with Crippen molar-refractivity contribution in [3.05, 3.63) is 64.2 Å². The molecule has 0 saturated heterocycles. The summed E-state index contributed by atoms with van der Waals surface area (Å²) in [5, 5.41) is 21.0. The van der Waals surface area contributed by atoms with E-state index in [1.54, 1.807) is 6.21 Å². The van der Waals surface area contributed by atoms with Crippen LogP contribution in [0.15, 0.2) is 41.4 Å². The van der Waals surface area contributed by atoms with E-state index in [0.29, 0.717) is 12.0 Å². The molecule has 0 saturated carbocycles. The topological polar surface area (TPSA) is 52.8 Å². The molecule has 0 aromatic heterocycles. The Kier molecular flexibility index (Phi) is 4.22. The summed E-state index contributed by atoms with van der Waals surface area (Å²) in [4.78, 5) is 4.61. The highest BCUT2D eigenvalue weighted by atomic mass is 16.3. The molecule has 0 spiro atoms. The van der Waals surface area contributed by atoms with Gasteiger partial charge in [0.1, 0.15) is 11.8 Å². The van der Waals surface area contributed by atoms with Crippen LogP contribution in [0, 0.1) is 6.92 Å². The lowest BCUT2D eigenvalue weighted by molar-refractivity contribution is 0.159. The number of hydrogen-bond acceptors (Lipinski definition) is 3. The van der Waals surface area contributed by atoms with Gasteiger partial charge in [0, 0.05) is 23.8 Å². The van der Waals surface area contributed by atoms with Crippen LogP contribution in [0.1, 0.15) is 54.6 Å². The van der Waals surface area contributed by atoms with Gasteiger partial charge in [-0.05, 0) is 35.1 Å². The first-order chi connectivity index (χ1) is 11.3. The summed E-state index contributed by atoms with van der Waals surface area (Å²) in [6.45, 7) is 8.27. The molecule has 24 heavy (non-hydrogen) atoms. The van der Waals surface area contributed by atoms with Crippen molar-refractivity contribution in [1.82, 2.24) is 0 Å². The molecule has 3 nitrogen and oxygen atoms in total. The minimum Gasteiger partial charge on any atom is -0.507 e. The van der Waals surface area contributed by atoms with Gasteiger partial charge in [0.15, 0.2) is 0 Å². The van der Waals surface area contributed by atoms with Gasteiger partial charge in [-0.15, -0.1) is 0 Å². The molecule has 2 aromatic rings. The molecule has 2 atom stereocenters. The zero-order chi connectivity index (χ0) is 17.5. The third kappa shape index (κ3) is 3.09. The molecule has 126 valence electrons. The quantitative estimate of drug-likeness (QED) is 0.818. The van der Waals surface area contributed by atoms with Gasteiger partial charge in [-0.25, -0.2) is 0 Å². The average Bonchev–Trinajstić information content (AvgIpc) is 2.82. The number of phenols is 1. The molecule has 3 rings (SSSR count). The van der Waals surface area contributed by atoms with Gasteiger partial charge in [-0.2, -0.15) is 0 Å². The van der Waals surface area contributed by atoms with E-state index in [2.05, 4.69) is 25.8 Å². The number of nitrogens with zero attached hydrogens (tertiary/aromatic N) is 1. The number of phenolic OH excluding ortho intramolecular Hbond substituents is 1. The number of aliphatic hydroxyl groups is 1. The van der Waals surface area contributed by atoms with E-state index in [9.17, 15) is 10.2 Å². The molecule has 2 N–H and O–H groups in total. The van der Waals surface area contributed by atoms with E-state index >= 15 is 0 Å². The molecule has 0 aliphatic heterocycles. The second-order valence-corrected chi connectivity index (χ2v) is 7.69. The maximum Gasteiger partial charge on any atom is 0.128 e. The average molecular weight is 323 g/mol. The van der Waals surface area contributed by atoms with Crippen molar-refractivity contribution in [2.24, 2.45) is 4.99 Å². The predicted octanol–water partition coefficient (Wildman–Crippen LogP) is 4.08. The van der Waals surface area contributed by atoms with Gasteiger partial charge in [0.05, 0.1) is 6.10 Å². The van der Waals surface area contributed by atoms with Crippen LogP contribution < -0.4 is 0 Å². The smallest absolute Gasteiger partial charge is 0.128 e. The molecule has 0 amide bonds. The van der Waals surface area contributed by atoms with Gasteiger partial charge in [-0.3, -0.25) is 4.99 Å². The molecule has 0 radical (unpaired) electrons. The van der Waals surface area contributed by atoms with Crippen molar-refractivity contribution < 1.29 is 10.2 Å². The summed E-state index contributed by atoms with van der Waals surface area (Å²) in [6, 6.07) is 11.7. The maximum absolute atomic E-state index is 10.6. The number of aliphatic hydroxyl groups excluding tert-OH is 1. The van der Waals surface area contributed by atoms with Gasteiger partial charge in [0.2, 0.25) is 0 Å². The Morgan fingerprint density at radius 2 is 1.88 bits per heavy atom. The number of aliphatic imine (C=N–C) groups is 1. The highest BCUT2D eigenvalue weighted by Crippen LogP contribution is 2.36. The Labute approximate surface area is 143 Å². The summed E-state index contributed by atoms with van der Waals surface area (Å²) in [6.07, 6.45) is 1.83. The van der Waals surface area contributed by atoms with Crippen LogP contribution in [0.25, 0.3) is 0 Å². The van der Waals surface area contributed by atoms with Crippen molar-refractivity contribution >= 4 is 6.21 Å². The first kappa shape index (κ1) is 16.7. The molecule has 0 fully saturated rings. The second-order valence-electron chi connectivity index (χ2n) is 7.69. The molecule has 2 aromatic carbocycles. The zero-order valence-corrected chi connectivity index (χ0v) is 14.7. The number of aryl methyl sites for hydroxylation is 1. The van der Waals surface area contributed by atoms with Crippen LogP contribution in [-0.4, -0.2) is 22.5 Å². The predicted molar refractivity (Wildman–Crippen MR) is 98.0 cm³/mol. The Bertz CT molecular complexity index is 787. The van der Waals surface area contributed by atoms with E-state index in [-0.39, 0.29) is 17.2 Å². The molecule has 0 bridgehead atoms. The highest BCUT2D eigenvalue weighted by Gasteiger charge is 2.30. The molecule has 0 unspecified atom stereocenters. The Morgan fingerprint density at radius 1 is 1.17 bits per heavy atom. The van der Waals surface area contributed by atoms with E-state index in [0.717, 1.165) is 22.3 Å². The number of fused-ring (bicyclic) bond motifs is 1. The van der Waals surface area contributed by atoms with Gasteiger partial charge in [0.25, 0.3) is 0 Å². The van der Waals surface area contributed by atoms with Gasteiger partial charge in [-0.1, -0.05) is 51.1 Å². The molecule has 1 aliphatic carbocycles. The van der Waals surface area contributed by atoms with E-state index < -0.39 is 6.10 Å². The molecule has 3 heteroatoms. The summed E-state index contributed by atoms with van der Waals surface area (Å²) >= 11 is 0. The molecule has 1 aliphatic rings. The fourth-order valence-electron chi connectivity index (χ4n) is 3.37. The molecular weight excluding hydrogens is 298 g/mol. The van der Waals surface area contributed by atoms with Crippen LogP contribution >= 0.6 is 0 Å². The van der Waals surface area contributed by atoms with Gasteiger partial charge >= 0.3 is 0 Å². The first-order valence-electron chi connectivity index (χ1n) is 8.40. The largest absolute Gasteiger partial charge is 0.507 e. The number of rotatable bonds is 2. The Morgan fingerprint density at radius 3 is 2.58 bits per heavy atom. The van der Waals surface area contributed by atoms with Crippen LogP contribution in [0.2, 0.25) is 0 Å². The minimum atomic E-state index is -0.507. The second kappa shape index (κ2) is 6.06. The summed E-state index contributed by atoms with van der Waals surface area (Å²) < 4.78 is 0. The van der Waals surface area contributed by atoms with Crippen LogP contribution in [-0.2, 0) is 11.8 Å². The van der Waals surface area contributed by atoms with Crippen LogP contribution in [0.4, 0.5) is 0 Å². The third-order valence-corrected chi connectivity index (χ3v) is 4.63. The van der Waals surface area contributed by atoms with Crippen molar-refractivity contribution in [2.75, 3.05) is 0 Å². The maximum atomic E-state index is 10.6. The lowest BCUT2D eigenvalue weighted by Crippen LogP contribution is -2.13. The fourth-order valence-corrected chi connectivity index (χ4v) is 3.37. The Balaban J connectivity index is 1.97. The first-order valence-corrected chi connectivity index (χ1v) is 8.40. The summed E-state index contributed by atoms with van der Waals surface area (Å²) in [5.74, 6) is 0.276. The van der Waals surface area contributed by atoms with Crippen molar-refractivity contribution in [3.8, 4) is 5.75 Å². The van der Waals surface area contributed by atoms with Gasteiger partial charge < -0.3 is 10.2 Å². The number of aromatic hydroxyl groups is 1. The van der Waals surface area contributed by atoms with Crippen molar-refractivity contribution in [1.29, 1.82) is 0 Å². The SMILES string of the molecule is Cc1cc(C=N[C@@H]2c3ccccc3C[C@@H]2O)c(O)c(C(C)(C)C)c1. The molecular formula is C21H25NO2.